The van der Waals surface area contributed by atoms with Gasteiger partial charge in [-0.05, 0) is 24.3 Å². The van der Waals surface area contributed by atoms with Crippen LogP contribution in [-0.4, -0.2) is 11.3 Å². The Morgan fingerprint density at radius 1 is 0.864 bits per heavy atom. The summed E-state index contributed by atoms with van der Waals surface area (Å²) in [5.41, 5.74) is 2.48. The summed E-state index contributed by atoms with van der Waals surface area (Å²) in [6.07, 6.45) is -4.68. The molecular formula is C16H10F3NOS. The van der Waals surface area contributed by atoms with Crippen LogP contribution in [0.2, 0.25) is 0 Å². The molecule has 0 aliphatic rings. The van der Waals surface area contributed by atoms with Crippen molar-refractivity contribution in [1.82, 2.24) is 4.98 Å². The van der Waals surface area contributed by atoms with Crippen molar-refractivity contribution in [3.63, 3.8) is 0 Å². The number of thiazole rings is 1. The van der Waals surface area contributed by atoms with Crippen LogP contribution in [0.5, 0.6) is 5.75 Å². The Hall–Kier alpha value is -2.34. The van der Waals surface area contributed by atoms with Crippen LogP contribution in [0.4, 0.5) is 13.2 Å². The number of hydrogen-bond donors (Lipinski definition) is 0. The molecule has 0 spiro atoms. The minimum absolute atomic E-state index is 0.241. The standard InChI is InChI=1S/C16H10F3NOS/c17-16(18,19)21-13-8-6-11(7-9-13)14-10-22-15(20-14)12-4-2-1-3-5-12/h1-10H. The normalized spacial score (nSPS) is 11.4. The van der Waals surface area contributed by atoms with Gasteiger partial charge in [0.05, 0.1) is 5.69 Å². The van der Waals surface area contributed by atoms with Crippen LogP contribution < -0.4 is 4.74 Å². The molecule has 2 aromatic carbocycles. The fourth-order valence-electron chi connectivity index (χ4n) is 1.95. The molecule has 0 atom stereocenters. The Kier molecular flexibility index (Phi) is 3.85. The second-order valence-corrected chi connectivity index (χ2v) is 5.33. The van der Waals surface area contributed by atoms with E-state index in [1.807, 2.05) is 35.7 Å². The molecule has 0 fully saturated rings. The average molecular weight is 321 g/mol. The van der Waals surface area contributed by atoms with Crippen molar-refractivity contribution in [2.24, 2.45) is 0 Å². The average Bonchev–Trinajstić information content (AvgIpc) is 2.97. The van der Waals surface area contributed by atoms with Crippen LogP contribution in [0, 0.1) is 0 Å². The summed E-state index contributed by atoms with van der Waals surface area (Å²) in [6.45, 7) is 0. The maximum Gasteiger partial charge on any atom is 0.573 e. The Labute approximate surface area is 128 Å². The van der Waals surface area contributed by atoms with Crippen molar-refractivity contribution in [1.29, 1.82) is 0 Å². The van der Waals surface area contributed by atoms with Gasteiger partial charge in [0.15, 0.2) is 0 Å². The molecule has 22 heavy (non-hydrogen) atoms. The number of nitrogens with zero attached hydrogens (tertiary/aromatic N) is 1. The van der Waals surface area contributed by atoms with Gasteiger partial charge < -0.3 is 4.74 Å². The van der Waals surface area contributed by atoms with Crippen molar-refractivity contribution in [2.45, 2.75) is 6.36 Å². The van der Waals surface area contributed by atoms with Gasteiger partial charge in [-0.3, -0.25) is 0 Å². The number of aromatic nitrogens is 1. The number of hydrogen-bond acceptors (Lipinski definition) is 3. The predicted molar refractivity (Wildman–Crippen MR) is 79.7 cm³/mol. The molecular weight excluding hydrogens is 311 g/mol. The summed E-state index contributed by atoms with van der Waals surface area (Å²) < 4.78 is 40.2. The van der Waals surface area contributed by atoms with Crippen LogP contribution >= 0.6 is 11.3 Å². The molecule has 112 valence electrons. The first kappa shape index (κ1) is 14.6. The SMILES string of the molecule is FC(F)(F)Oc1ccc(-c2csc(-c3ccccc3)n2)cc1. The second-order valence-electron chi connectivity index (χ2n) is 4.48. The fourth-order valence-corrected chi connectivity index (χ4v) is 2.78. The summed E-state index contributed by atoms with van der Waals surface area (Å²) in [5.74, 6) is -0.241. The summed E-state index contributed by atoms with van der Waals surface area (Å²) >= 11 is 1.49. The van der Waals surface area contributed by atoms with Crippen molar-refractivity contribution in [2.75, 3.05) is 0 Å². The minimum Gasteiger partial charge on any atom is -0.406 e. The van der Waals surface area contributed by atoms with E-state index in [9.17, 15) is 13.2 Å². The molecule has 0 aliphatic carbocycles. The van der Waals surface area contributed by atoms with Gasteiger partial charge in [-0.25, -0.2) is 4.98 Å². The molecule has 3 aromatic rings. The maximum atomic E-state index is 12.1. The van der Waals surface area contributed by atoms with Crippen molar-refractivity contribution in [3.05, 3.63) is 60.0 Å². The number of halogens is 3. The van der Waals surface area contributed by atoms with Gasteiger partial charge >= 0.3 is 6.36 Å². The summed E-state index contributed by atoms with van der Waals surface area (Å²) in [6, 6.07) is 15.4. The number of benzene rings is 2. The Morgan fingerprint density at radius 2 is 1.55 bits per heavy atom. The maximum absolute atomic E-state index is 12.1. The third-order valence-electron chi connectivity index (χ3n) is 2.91. The number of ether oxygens (including phenoxy) is 1. The Bertz CT molecular complexity index is 751. The highest BCUT2D eigenvalue weighted by Gasteiger charge is 2.30. The smallest absolute Gasteiger partial charge is 0.406 e. The van der Waals surface area contributed by atoms with E-state index >= 15 is 0 Å². The van der Waals surface area contributed by atoms with Crippen LogP contribution in [0.15, 0.2) is 60.0 Å². The van der Waals surface area contributed by atoms with E-state index in [4.69, 9.17) is 0 Å². The van der Waals surface area contributed by atoms with Crippen molar-refractivity contribution < 1.29 is 17.9 Å². The highest BCUT2D eigenvalue weighted by molar-refractivity contribution is 7.13. The lowest BCUT2D eigenvalue weighted by atomic mass is 10.1. The molecule has 0 unspecified atom stereocenters. The van der Waals surface area contributed by atoms with Crippen LogP contribution in [0.3, 0.4) is 0 Å². The molecule has 3 rings (SSSR count). The first-order valence-corrected chi connectivity index (χ1v) is 7.26. The van der Waals surface area contributed by atoms with Gasteiger partial charge in [0.2, 0.25) is 0 Å². The van der Waals surface area contributed by atoms with Gasteiger partial charge in [0.25, 0.3) is 0 Å². The van der Waals surface area contributed by atoms with E-state index in [0.717, 1.165) is 21.8 Å². The van der Waals surface area contributed by atoms with E-state index in [1.54, 1.807) is 12.1 Å². The first-order chi connectivity index (χ1) is 10.5. The Balaban J connectivity index is 1.82. The molecule has 0 bridgehead atoms. The van der Waals surface area contributed by atoms with Gasteiger partial charge in [0.1, 0.15) is 10.8 Å². The Morgan fingerprint density at radius 3 is 2.18 bits per heavy atom. The van der Waals surface area contributed by atoms with E-state index < -0.39 is 6.36 Å². The highest BCUT2D eigenvalue weighted by Crippen LogP contribution is 2.30. The van der Waals surface area contributed by atoms with Gasteiger partial charge in [-0.1, -0.05) is 30.3 Å². The lowest BCUT2D eigenvalue weighted by molar-refractivity contribution is -0.274. The third-order valence-corrected chi connectivity index (χ3v) is 3.80. The van der Waals surface area contributed by atoms with E-state index in [-0.39, 0.29) is 5.75 Å². The number of rotatable bonds is 3. The second kappa shape index (κ2) is 5.81. The van der Waals surface area contributed by atoms with E-state index in [1.165, 1.54) is 23.5 Å². The zero-order valence-electron chi connectivity index (χ0n) is 11.2. The van der Waals surface area contributed by atoms with Gasteiger partial charge in [0, 0.05) is 16.5 Å². The quantitative estimate of drug-likeness (QED) is 0.646. The fraction of sp³-hybridized carbons (Fsp3) is 0.0625. The molecule has 6 heteroatoms. The van der Waals surface area contributed by atoms with Crippen molar-refractivity contribution >= 4 is 11.3 Å². The summed E-state index contributed by atoms with van der Waals surface area (Å²) in [7, 11) is 0. The van der Waals surface area contributed by atoms with E-state index in [2.05, 4.69) is 9.72 Å². The van der Waals surface area contributed by atoms with Crippen LogP contribution in [0.25, 0.3) is 21.8 Å². The van der Waals surface area contributed by atoms with Crippen molar-refractivity contribution in [3.8, 4) is 27.6 Å². The molecule has 0 aliphatic heterocycles. The lowest BCUT2D eigenvalue weighted by Gasteiger charge is -2.08. The predicted octanol–water partition coefficient (Wildman–Crippen LogP) is 5.38. The molecule has 0 radical (unpaired) electrons. The van der Waals surface area contributed by atoms with Gasteiger partial charge in [-0.2, -0.15) is 0 Å². The van der Waals surface area contributed by atoms with Crippen LogP contribution in [-0.2, 0) is 0 Å². The minimum atomic E-state index is -4.68. The monoisotopic (exact) mass is 321 g/mol. The molecule has 0 saturated heterocycles. The largest absolute Gasteiger partial charge is 0.573 e. The molecule has 0 saturated carbocycles. The molecule has 1 heterocycles. The zero-order chi connectivity index (χ0) is 15.6. The highest BCUT2D eigenvalue weighted by atomic mass is 32.1. The molecule has 0 amide bonds. The topological polar surface area (TPSA) is 22.1 Å². The molecule has 0 N–H and O–H groups in total. The van der Waals surface area contributed by atoms with Crippen LogP contribution in [0.1, 0.15) is 0 Å². The molecule has 2 nitrogen and oxygen atoms in total. The zero-order valence-corrected chi connectivity index (χ0v) is 12.0. The number of alkyl halides is 3. The first-order valence-electron chi connectivity index (χ1n) is 6.38. The molecule has 1 aromatic heterocycles. The lowest BCUT2D eigenvalue weighted by Crippen LogP contribution is -2.16. The summed E-state index contributed by atoms with van der Waals surface area (Å²) in [5, 5.41) is 2.74. The third kappa shape index (κ3) is 3.46. The van der Waals surface area contributed by atoms with E-state index in [0.29, 0.717) is 0 Å². The van der Waals surface area contributed by atoms with Gasteiger partial charge in [-0.15, -0.1) is 24.5 Å². The summed E-state index contributed by atoms with van der Waals surface area (Å²) in [4.78, 5) is 4.51.